The van der Waals surface area contributed by atoms with E-state index in [-0.39, 0.29) is 9.32 Å². The second-order valence-electron chi connectivity index (χ2n) is 2.61. The second kappa shape index (κ2) is 4.89. The predicted molar refractivity (Wildman–Crippen MR) is 56.8 cm³/mol. The van der Waals surface area contributed by atoms with Crippen LogP contribution in [0.15, 0.2) is 6.07 Å². The maximum absolute atomic E-state index is 12.0. The molecule has 0 radical (unpaired) electrons. The van der Waals surface area contributed by atoms with Gasteiger partial charge in [0, 0.05) is 11.1 Å². The molecule has 6 nitrogen and oxygen atoms in total. The number of alkyl halides is 3. The summed E-state index contributed by atoms with van der Waals surface area (Å²) < 4.78 is 44.2. The van der Waals surface area contributed by atoms with Crippen LogP contribution in [0.3, 0.4) is 0 Å². The summed E-state index contributed by atoms with van der Waals surface area (Å²) in [5.41, 5.74) is 0. The predicted octanol–water partition coefficient (Wildman–Crippen LogP) is 2.50. The minimum absolute atomic E-state index is 0.0407. The van der Waals surface area contributed by atoms with Gasteiger partial charge < -0.3 is 19.6 Å². The van der Waals surface area contributed by atoms with E-state index in [9.17, 15) is 23.3 Å². The van der Waals surface area contributed by atoms with E-state index in [0.717, 1.165) is 13.2 Å². The molecule has 0 amide bonds. The first-order chi connectivity index (χ1) is 7.74. The van der Waals surface area contributed by atoms with Gasteiger partial charge in [0.25, 0.3) is 0 Å². The number of rotatable bonds is 3. The zero-order valence-corrected chi connectivity index (χ0v) is 10.3. The highest BCUT2D eigenvalue weighted by Crippen LogP contribution is 2.34. The molecular formula is C7H4F3IN2O4. The highest BCUT2D eigenvalue weighted by Gasteiger charge is 2.36. The van der Waals surface area contributed by atoms with E-state index >= 15 is 0 Å². The zero-order chi connectivity index (χ0) is 13.2. The third kappa shape index (κ3) is 3.57. The van der Waals surface area contributed by atoms with Crippen molar-refractivity contribution in [2.45, 2.75) is 6.36 Å². The van der Waals surface area contributed by atoms with Gasteiger partial charge in [0.1, 0.15) is 3.57 Å². The SMILES string of the molecule is COc1cc(I)c([N+](=O)[O-])nc1OC(F)(F)F. The lowest BCUT2D eigenvalue weighted by Gasteiger charge is -2.08. The van der Waals surface area contributed by atoms with Gasteiger partial charge >= 0.3 is 18.1 Å². The summed E-state index contributed by atoms with van der Waals surface area (Å²) >= 11 is 1.56. The third-order valence-corrected chi connectivity index (χ3v) is 2.29. The van der Waals surface area contributed by atoms with Crippen molar-refractivity contribution in [3.8, 4) is 11.6 Å². The first-order valence-corrected chi connectivity index (χ1v) is 4.97. The molecule has 0 fully saturated rings. The molecule has 0 spiro atoms. The van der Waals surface area contributed by atoms with Gasteiger partial charge in [0.15, 0.2) is 0 Å². The largest absolute Gasteiger partial charge is 0.575 e. The average molecular weight is 364 g/mol. The summed E-state index contributed by atoms with van der Waals surface area (Å²) in [5.74, 6) is -2.06. The molecule has 0 bridgehead atoms. The zero-order valence-electron chi connectivity index (χ0n) is 8.12. The Bertz CT molecular complexity index is 451. The van der Waals surface area contributed by atoms with Crippen LogP contribution in [0.4, 0.5) is 19.0 Å². The van der Waals surface area contributed by atoms with Crippen molar-refractivity contribution in [1.29, 1.82) is 0 Å². The summed E-state index contributed by atoms with van der Waals surface area (Å²) in [7, 11) is 1.10. The molecule has 17 heavy (non-hydrogen) atoms. The van der Waals surface area contributed by atoms with E-state index in [0.29, 0.717) is 0 Å². The molecule has 0 aliphatic carbocycles. The van der Waals surface area contributed by atoms with Crippen LogP contribution in [0, 0.1) is 13.7 Å². The maximum atomic E-state index is 12.0. The van der Waals surface area contributed by atoms with Gasteiger partial charge in [-0.1, -0.05) is 0 Å². The van der Waals surface area contributed by atoms with E-state index in [4.69, 9.17) is 0 Å². The number of hydrogen-bond donors (Lipinski definition) is 0. The normalized spacial score (nSPS) is 11.1. The smallest absolute Gasteiger partial charge is 0.489 e. The van der Waals surface area contributed by atoms with E-state index < -0.39 is 23.0 Å². The van der Waals surface area contributed by atoms with E-state index in [1.54, 1.807) is 22.6 Å². The molecule has 1 heterocycles. The number of nitro groups is 1. The number of methoxy groups -OCH3 is 1. The van der Waals surface area contributed by atoms with Gasteiger partial charge in [-0.25, -0.2) is 0 Å². The molecule has 1 rings (SSSR count). The van der Waals surface area contributed by atoms with Gasteiger partial charge in [-0.05, 0) is 27.5 Å². The summed E-state index contributed by atoms with van der Waals surface area (Å²) in [6, 6.07) is 1.03. The van der Waals surface area contributed by atoms with Crippen LogP contribution in [-0.4, -0.2) is 23.4 Å². The van der Waals surface area contributed by atoms with Crippen LogP contribution >= 0.6 is 22.6 Å². The Morgan fingerprint density at radius 1 is 1.53 bits per heavy atom. The summed E-state index contributed by atoms with van der Waals surface area (Å²) in [6.07, 6.45) is -5.00. The second-order valence-corrected chi connectivity index (χ2v) is 3.77. The van der Waals surface area contributed by atoms with Gasteiger partial charge in [0.05, 0.1) is 7.11 Å². The summed E-state index contributed by atoms with van der Waals surface area (Å²) in [6.45, 7) is 0. The first kappa shape index (κ1) is 13.7. The number of aromatic nitrogens is 1. The van der Waals surface area contributed by atoms with Crippen LogP contribution in [0.1, 0.15) is 0 Å². The summed E-state index contributed by atoms with van der Waals surface area (Å²) in [5, 5.41) is 10.5. The van der Waals surface area contributed by atoms with E-state index in [2.05, 4.69) is 14.5 Å². The Morgan fingerprint density at radius 2 is 2.12 bits per heavy atom. The average Bonchev–Trinajstić information content (AvgIpc) is 2.17. The Labute approximate surface area is 106 Å². The fourth-order valence-corrected chi connectivity index (χ4v) is 1.50. The number of ether oxygens (including phenoxy) is 2. The highest BCUT2D eigenvalue weighted by atomic mass is 127. The molecule has 0 aliphatic heterocycles. The van der Waals surface area contributed by atoms with E-state index in [1.165, 1.54) is 0 Å². The maximum Gasteiger partial charge on any atom is 0.575 e. The van der Waals surface area contributed by atoms with Crippen molar-refractivity contribution in [2.24, 2.45) is 0 Å². The molecule has 0 N–H and O–H groups in total. The lowest BCUT2D eigenvalue weighted by Crippen LogP contribution is -2.19. The van der Waals surface area contributed by atoms with Crippen LogP contribution < -0.4 is 9.47 Å². The molecule has 94 valence electrons. The van der Waals surface area contributed by atoms with Gasteiger partial charge in [-0.15, -0.1) is 13.2 Å². The fourth-order valence-electron chi connectivity index (χ4n) is 0.903. The molecule has 0 unspecified atom stereocenters. The highest BCUT2D eigenvalue weighted by molar-refractivity contribution is 14.1. The van der Waals surface area contributed by atoms with Gasteiger partial charge in [0.2, 0.25) is 5.75 Å². The molecule has 1 aromatic rings. The van der Waals surface area contributed by atoms with Gasteiger partial charge in [-0.3, -0.25) is 0 Å². The Morgan fingerprint density at radius 3 is 2.53 bits per heavy atom. The van der Waals surface area contributed by atoms with Crippen molar-refractivity contribution >= 4 is 28.4 Å². The number of halogens is 4. The number of hydrogen-bond acceptors (Lipinski definition) is 5. The third-order valence-electron chi connectivity index (χ3n) is 1.49. The van der Waals surface area contributed by atoms with Crippen molar-refractivity contribution in [3.63, 3.8) is 0 Å². The Balaban J connectivity index is 3.26. The summed E-state index contributed by atoms with van der Waals surface area (Å²) in [4.78, 5) is 12.7. The Hall–Kier alpha value is -1.33. The van der Waals surface area contributed by atoms with Crippen LogP contribution in [0.5, 0.6) is 11.6 Å². The standard InChI is InChI=1S/C7H4F3IN2O4/c1-16-4-2-3(11)5(13(14)15)12-6(4)17-7(8,9)10/h2H,1H3. The lowest BCUT2D eigenvalue weighted by molar-refractivity contribution is -0.391. The first-order valence-electron chi connectivity index (χ1n) is 3.89. The molecular weight excluding hydrogens is 360 g/mol. The van der Waals surface area contributed by atoms with E-state index in [1.807, 2.05) is 0 Å². The number of nitrogens with zero attached hydrogens (tertiary/aromatic N) is 2. The molecule has 0 saturated heterocycles. The monoisotopic (exact) mass is 364 g/mol. The lowest BCUT2D eigenvalue weighted by atomic mass is 10.4. The molecule has 0 aliphatic rings. The molecule has 0 aromatic carbocycles. The molecule has 1 aromatic heterocycles. The number of pyridine rings is 1. The Kier molecular flexibility index (Phi) is 3.95. The van der Waals surface area contributed by atoms with Crippen LogP contribution in [-0.2, 0) is 0 Å². The van der Waals surface area contributed by atoms with Crippen molar-refractivity contribution in [1.82, 2.24) is 4.98 Å². The minimum atomic E-state index is -5.00. The molecule has 10 heteroatoms. The topological polar surface area (TPSA) is 74.5 Å². The van der Waals surface area contributed by atoms with Crippen LogP contribution in [0.2, 0.25) is 0 Å². The quantitative estimate of drug-likeness (QED) is 0.468. The fraction of sp³-hybridized carbons (Fsp3) is 0.286. The van der Waals surface area contributed by atoms with Gasteiger partial charge in [-0.2, -0.15) is 0 Å². The molecule has 0 saturated carbocycles. The minimum Gasteiger partial charge on any atom is -0.489 e. The van der Waals surface area contributed by atoms with Crippen molar-refractivity contribution < 1.29 is 27.6 Å². The van der Waals surface area contributed by atoms with Crippen molar-refractivity contribution in [2.75, 3.05) is 7.11 Å². The van der Waals surface area contributed by atoms with Crippen molar-refractivity contribution in [3.05, 3.63) is 19.8 Å². The van der Waals surface area contributed by atoms with Crippen LogP contribution in [0.25, 0.3) is 0 Å². The molecule has 0 atom stereocenters.